The Kier molecular flexibility index (Phi) is 5.31. The zero-order valence-electron chi connectivity index (χ0n) is 13.4. The molecular weight excluding hydrogens is 307 g/mol. The lowest BCUT2D eigenvalue weighted by Gasteiger charge is -2.29. The average molecular weight is 328 g/mol. The number of halogens is 1. The molecule has 5 heteroatoms. The lowest BCUT2D eigenvalue weighted by Crippen LogP contribution is -2.41. The molecule has 0 aromatic heterocycles. The van der Waals surface area contributed by atoms with Gasteiger partial charge in [-0.3, -0.25) is 0 Å². The van der Waals surface area contributed by atoms with Crippen molar-refractivity contribution in [2.75, 3.05) is 5.32 Å². The molecule has 1 fully saturated rings. The molecule has 0 bridgehead atoms. The van der Waals surface area contributed by atoms with Crippen molar-refractivity contribution in [2.24, 2.45) is 0 Å². The Bertz CT molecular complexity index is 653. The van der Waals surface area contributed by atoms with E-state index in [-0.39, 0.29) is 24.0 Å². The van der Waals surface area contributed by atoms with E-state index in [0.717, 1.165) is 31.4 Å². The van der Waals surface area contributed by atoms with Crippen molar-refractivity contribution in [1.82, 2.24) is 5.32 Å². The molecule has 1 aliphatic rings. The molecule has 126 valence electrons. The number of ether oxygens (including phenoxy) is 1. The Morgan fingerprint density at radius 3 is 2.29 bits per heavy atom. The topological polar surface area (TPSA) is 50.4 Å². The van der Waals surface area contributed by atoms with E-state index in [1.807, 2.05) is 30.3 Å². The van der Waals surface area contributed by atoms with Crippen LogP contribution in [0.2, 0.25) is 0 Å². The summed E-state index contributed by atoms with van der Waals surface area (Å²) in [5, 5.41) is 5.83. The summed E-state index contributed by atoms with van der Waals surface area (Å²) < 4.78 is 18.8. The van der Waals surface area contributed by atoms with E-state index >= 15 is 0 Å². The molecule has 0 heterocycles. The first-order valence-electron chi connectivity index (χ1n) is 8.24. The van der Waals surface area contributed by atoms with Crippen LogP contribution in [0.4, 0.5) is 14.9 Å². The van der Waals surface area contributed by atoms with Crippen LogP contribution in [0.5, 0.6) is 5.75 Å². The van der Waals surface area contributed by atoms with E-state index in [4.69, 9.17) is 4.74 Å². The van der Waals surface area contributed by atoms with Crippen LogP contribution in [0.15, 0.2) is 54.6 Å². The minimum absolute atomic E-state index is 0.116. The summed E-state index contributed by atoms with van der Waals surface area (Å²) in [7, 11) is 0. The molecular formula is C19H21FN2O2. The molecule has 0 saturated heterocycles. The monoisotopic (exact) mass is 328 g/mol. The molecule has 2 aromatic rings. The molecule has 2 amide bonds. The number of hydrogen-bond donors (Lipinski definition) is 2. The van der Waals surface area contributed by atoms with Crippen LogP contribution in [0, 0.1) is 5.82 Å². The van der Waals surface area contributed by atoms with Gasteiger partial charge in [0.2, 0.25) is 0 Å². The molecule has 0 spiro atoms. The fraction of sp³-hybridized carbons (Fsp3) is 0.316. The van der Waals surface area contributed by atoms with Crippen LogP contribution in [0.3, 0.4) is 0 Å². The third-order valence-corrected chi connectivity index (χ3v) is 4.16. The van der Waals surface area contributed by atoms with Crippen molar-refractivity contribution >= 4 is 11.7 Å². The molecule has 4 nitrogen and oxygen atoms in total. The maximum atomic E-state index is 12.9. The second-order valence-electron chi connectivity index (χ2n) is 6.01. The van der Waals surface area contributed by atoms with Crippen LogP contribution in [0.25, 0.3) is 0 Å². The van der Waals surface area contributed by atoms with Crippen LogP contribution in [-0.2, 0) is 0 Å². The number of carbonyl (C=O) groups is 1. The number of nitrogens with one attached hydrogen (secondary N) is 2. The highest BCUT2D eigenvalue weighted by Gasteiger charge is 2.23. The number of urea groups is 1. The summed E-state index contributed by atoms with van der Waals surface area (Å²) in [5.74, 6) is 0.425. The predicted octanol–water partition coefficient (Wildman–Crippen LogP) is 4.34. The summed E-state index contributed by atoms with van der Waals surface area (Å²) in [6.45, 7) is 0. The van der Waals surface area contributed by atoms with Crippen molar-refractivity contribution in [1.29, 1.82) is 0 Å². The van der Waals surface area contributed by atoms with Crippen molar-refractivity contribution < 1.29 is 13.9 Å². The van der Waals surface area contributed by atoms with Crippen LogP contribution in [-0.4, -0.2) is 18.2 Å². The smallest absolute Gasteiger partial charge is 0.319 e. The van der Waals surface area contributed by atoms with Gasteiger partial charge in [-0.05, 0) is 62.1 Å². The second kappa shape index (κ2) is 7.81. The first-order valence-corrected chi connectivity index (χ1v) is 8.24. The first kappa shape index (κ1) is 16.3. The molecule has 1 saturated carbocycles. The average Bonchev–Trinajstić information content (AvgIpc) is 2.59. The maximum Gasteiger partial charge on any atom is 0.319 e. The molecule has 0 atom stereocenters. The quantitative estimate of drug-likeness (QED) is 0.877. The van der Waals surface area contributed by atoms with Gasteiger partial charge in [0.1, 0.15) is 11.6 Å². The number of amides is 2. The lowest BCUT2D eigenvalue weighted by molar-refractivity contribution is 0.141. The molecule has 0 radical (unpaired) electrons. The van der Waals surface area contributed by atoms with Gasteiger partial charge in [0.25, 0.3) is 0 Å². The molecule has 1 aliphatic carbocycles. The Balaban J connectivity index is 1.41. The number of rotatable bonds is 4. The summed E-state index contributed by atoms with van der Waals surface area (Å²) in [4.78, 5) is 12.0. The van der Waals surface area contributed by atoms with Gasteiger partial charge in [-0.15, -0.1) is 0 Å². The third-order valence-electron chi connectivity index (χ3n) is 4.16. The van der Waals surface area contributed by atoms with Crippen molar-refractivity contribution in [3.8, 4) is 5.75 Å². The summed E-state index contributed by atoms with van der Waals surface area (Å²) in [6.07, 6.45) is 3.59. The maximum absolute atomic E-state index is 12.9. The second-order valence-corrected chi connectivity index (χ2v) is 6.01. The number of anilines is 1. The Hall–Kier alpha value is -2.56. The van der Waals surface area contributed by atoms with Crippen LogP contribution < -0.4 is 15.4 Å². The van der Waals surface area contributed by atoms with Crippen LogP contribution >= 0.6 is 0 Å². The Morgan fingerprint density at radius 1 is 0.958 bits per heavy atom. The van der Waals surface area contributed by atoms with Gasteiger partial charge in [-0.2, -0.15) is 0 Å². The van der Waals surface area contributed by atoms with Gasteiger partial charge >= 0.3 is 6.03 Å². The zero-order chi connectivity index (χ0) is 16.8. The molecule has 24 heavy (non-hydrogen) atoms. The van der Waals surface area contributed by atoms with Crippen molar-refractivity contribution in [3.05, 3.63) is 60.4 Å². The highest BCUT2D eigenvalue weighted by atomic mass is 19.1. The Morgan fingerprint density at radius 2 is 1.62 bits per heavy atom. The van der Waals surface area contributed by atoms with Crippen molar-refractivity contribution in [3.63, 3.8) is 0 Å². The zero-order valence-corrected chi connectivity index (χ0v) is 13.4. The van der Waals surface area contributed by atoms with Gasteiger partial charge in [0.15, 0.2) is 0 Å². The van der Waals surface area contributed by atoms with Crippen molar-refractivity contribution in [2.45, 2.75) is 37.8 Å². The molecule has 2 aromatic carbocycles. The summed E-state index contributed by atoms with van der Waals surface area (Å²) in [6, 6.07) is 15.4. The van der Waals surface area contributed by atoms with E-state index in [9.17, 15) is 9.18 Å². The van der Waals surface area contributed by atoms with E-state index in [0.29, 0.717) is 5.75 Å². The molecule has 2 N–H and O–H groups in total. The van der Waals surface area contributed by atoms with Gasteiger partial charge in [0, 0.05) is 11.7 Å². The van der Waals surface area contributed by atoms with E-state index in [1.54, 1.807) is 12.1 Å². The molecule has 0 unspecified atom stereocenters. The van der Waals surface area contributed by atoms with Gasteiger partial charge < -0.3 is 15.4 Å². The first-order chi connectivity index (χ1) is 11.7. The highest BCUT2D eigenvalue weighted by molar-refractivity contribution is 5.89. The van der Waals surface area contributed by atoms with E-state index < -0.39 is 0 Å². The molecule has 0 aliphatic heterocycles. The minimum atomic E-state index is -0.264. The third kappa shape index (κ3) is 4.72. The number of para-hydroxylation sites is 1. The normalized spacial score (nSPS) is 20.2. The fourth-order valence-corrected chi connectivity index (χ4v) is 2.90. The standard InChI is InChI=1S/C19H21FN2O2/c20-14-6-10-17(11-7-14)24-18-12-8-16(9-13-18)22-19(23)21-15-4-2-1-3-5-15/h1-7,10-11,16,18H,8-9,12-13H2,(H2,21,22,23)/t16-,18+. The summed E-state index contributed by atoms with van der Waals surface area (Å²) in [5.41, 5.74) is 0.781. The van der Waals surface area contributed by atoms with E-state index in [2.05, 4.69) is 10.6 Å². The number of benzene rings is 2. The number of carbonyl (C=O) groups excluding carboxylic acids is 1. The Labute approximate surface area is 141 Å². The summed E-state index contributed by atoms with van der Waals surface area (Å²) >= 11 is 0. The van der Waals surface area contributed by atoms with Gasteiger partial charge in [-0.25, -0.2) is 9.18 Å². The van der Waals surface area contributed by atoms with Gasteiger partial charge in [-0.1, -0.05) is 18.2 Å². The fourth-order valence-electron chi connectivity index (χ4n) is 2.90. The lowest BCUT2D eigenvalue weighted by atomic mass is 9.93. The van der Waals surface area contributed by atoms with Gasteiger partial charge in [0.05, 0.1) is 6.10 Å². The SMILES string of the molecule is O=C(Nc1ccccc1)N[C@H]1CC[C@@H](Oc2ccc(F)cc2)CC1. The predicted molar refractivity (Wildman–Crippen MR) is 91.7 cm³/mol. The highest BCUT2D eigenvalue weighted by Crippen LogP contribution is 2.24. The minimum Gasteiger partial charge on any atom is -0.490 e. The molecule has 3 rings (SSSR count). The number of hydrogen-bond acceptors (Lipinski definition) is 2. The largest absolute Gasteiger partial charge is 0.490 e. The van der Waals surface area contributed by atoms with E-state index in [1.165, 1.54) is 12.1 Å². The van der Waals surface area contributed by atoms with Crippen LogP contribution in [0.1, 0.15) is 25.7 Å².